The van der Waals surface area contributed by atoms with Gasteiger partial charge in [0.2, 0.25) is 0 Å². The number of quaternary nitrogens is 3. The highest BCUT2D eigenvalue weighted by atomic mass is 31.2. The van der Waals surface area contributed by atoms with E-state index in [0.717, 1.165) is 6.42 Å². The van der Waals surface area contributed by atoms with E-state index < -0.39 is 20.0 Å². The summed E-state index contributed by atoms with van der Waals surface area (Å²) in [7, 11) is 6.61. The maximum atomic E-state index is 8.88. The van der Waals surface area contributed by atoms with E-state index in [-0.39, 0.29) is 0 Å². The summed E-state index contributed by atoms with van der Waals surface area (Å²) in [6, 6.07) is 0. The van der Waals surface area contributed by atoms with E-state index in [1.807, 2.05) is 65.2 Å². The van der Waals surface area contributed by atoms with Crippen molar-refractivity contribution in [1.82, 2.24) is 0 Å². The van der Waals surface area contributed by atoms with Crippen LogP contribution in [0.5, 0.6) is 0 Å². The largest absolute Gasteiger partial charge is 0.822 e. The van der Waals surface area contributed by atoms with Crippen molar-refractivity contribution >= 4 is 7.82 Å². The summed E-state index contributed by atoms with van der Waals surface area (Å²) in [5.74, 6) is 0. The highest BCUT2D eigenvalue weighted by Gasteiger charge is 2.07. The van der Waals surface area contributed by atoms with Crippen LogP contribution >= 0.6 is 7.82 Å². The molecule has 8 N–H and O–H groups in total. The zero-order valence-corrected chi connectivity index (χ0v) is 16.2. The van der Waals surface area contributed by atoms with Crippen molar-refractivity contribution in [2.45, 2.75) is 38.9 Å². The molecule has 0 saturated carbocycles. The molecule has 0 radical (unpaired) electrons. The van der Waals surface area contributed by atoms with Gasteiger partial charge in [-0.3, -0.25) is 0 Å². The molecule has 2 unspecified atom stereocenters. The van der Waals surface area contributed by atoms with E-state index >= 15 is 0 Å². The van der Waals surface area contributed by atoms with Crippen molar-refractivity contribution in [2.24, 2.45) is 0 Å². The first-order chi connectivity index (χ1) is 9.92. The fourth-order valence-corrected chi connectivity index (χ4v) is 0.537. The van der Waals surface area contributed by atoms with Gasteiger partial charge in [0.15, 0.2) is 0 Å². The maximum Gasteiger partial charge on any atom is 0.0796 e. The average molecular weight is 351 g/mol. The molecule has 0 spiro atoms. The average Bonchev–Trinajstić information content (AvgIpc) is 2.30. The Kier molecular flexibility index (Phi) is 44.1. The van der Waals surface area contributed by atoms with Gasteiger partial charge in [0, 0.05) is 0 Å². The van der Waals surface area contributed by atoms with Crippen LogP contribution in [-0.2, 0) is 4.57 Å². The third kappa shape index (κ3) is 149. The third-order valence-corrected chi connectivity index (χ3v) is 1.14. The predicted octanol–water partition coefficient (Wildman–Crippen LogP) is -5.87. The Balaban J connectivity index is -0.0000000596. The fourth-order valence-electron chi connectivity index (χ4n) is 0.537. The summed E-state index contributed by atoms with van der Waals surface area (Å²) in [5.41, 5.74) is 0. The van der Waals surface area contributed by atoms with Crippen LogP contribution in [0.2, 0.25) is 0 Å². The molecule has 0 fully saturated rings. The molecule has 0 bridgehead atoms. The molecule has 0 amide bonds. The molecule has 0 aromatic rings. The lowest BCUT2D eigenvalue weighted by Crippen LogP contribution is -2.74. The van der Waals surface area contributed by atoms with Gasteiger partial charge in [-0.25, -0.2) is 0 Å². The Hall–Kier alpha value is -0.0900. The van der Waals surface area contributed by atoms with Gasteiger partial charge in [-0.2, -0.15) is 7.82 Å². The zero-order chi connectivity index (χ0) is 19.2. The summed E-state index contributed by atoms with van der Waals surface area (Å²) in [6.07, 6.45) is 0.513. The Morgan fingerprint density at radius 3 is 1.14 bits per heavy atom. The van der Waals surface area contributed by atoms with Crippen molar-refractivity contribution in [3.05, 3.63) is 0 Å². The first kappa shape index (κ1) is 33.5. The van der Waals surface area contributed by atoms with Gasteiger partial charge in [0.1, 0.15) is 0 Å². The van der Waals surface area contributed by atoms with Crippen LogP contribution in [0.25, 0.3) is 0 Å². The quantitative estimate of drug-likeness (QED) is 0.316. The second-order valence-corrected chi connectivity index (χ2v) is 5.17. The topological polar surface area (TPSA) is 177 Å². The van der Waals surface area contributed by atoms with E-state index in [4.69, 9.17) is 29.5 Å². The van der Waals surface area contributed by atoms with Crippen LogP contribution < -0.4 is 30.6 Å². The van der Waals surface area contributed by atoms with Gasteiger partial charge in [0.05, 0.1) is 54.5 Å². The number of phosphoric acid groups is 1. The van der Waals surface area contributed by atoms with Crippen molar-refractivity contribution in [1.29, 1.82) is 0 Å². The molecule has 0 aliphatic carbocycles. The minimum Gasteiger partial charge on any atom is -0.822 e. The molecular formula is C12H38N3O6P. The summed E-state index contributed by atoms with van der Waals surface area (Å²) in [5, 5.41) is 23.6. The highest BCUT2D eigenvalue weighted by molar-refractivity contribution is 7.40. The SMILES string of the molecule is CCCC(O)C(C)O.C[NH2+]C.C[NH2+]C.C[NH2+]C.O=P([O-])([O-])[O-]. The fraction of sp³-hybridized carbons (Fsp3) is 1.00. The lowest BCUT2D eigenvalue weighted by Gasteiger charge is -2.36. The summed E-state index contributed by atoms with van der Waals surface area (Å²) < 4.78 is 8.55. The summed E-state index contributed by atoms with van der Waals surface area (Å²) in [4.78, 5) is 25.6. The zero-order valence-electron chi connectivity index (χ0n) is 15.3. The minimum atomic E-state index is -5.39. The lowest BCUT2D eigenvalue weighted by atomic mass is 10.1. The molecular weight excluding hydrogens is 313 g/mol. The Labute approximate surface area is 135 Å². The minimum absolute atomic E-state index is 0.528. The highest BCUT2D eigenvalue weighted by Crippen LogP contribution is 2.03. The number of aliphatic hydroxyl groups is 2. The van der Waals surface area contributed by atoms with Crippen LogP contribution in [0.3, 0.4) is 0 Å². The molecule has 9 nitrogen and oxygen atoms in total. The smallest absolute Gasteiger partial charge is 0.0796 e. The van der Waals surface area contributed by atoms with Gasteiger partial charge in [-0.1, -0.05) is 13.3 Å². The van der Waals surface area contributed by atoms with E-state index in [9.17, 15) is 0 Å². The molecule has 22 heavy (non-hydrogen) atoms. The van der Waals surface area contributed by atoms with Crippen molar-refractivity contribution in [3.8, 4) is 0 Å². The van der Waals surface area contributed by atoms with Crippen LogP contribution in [0.1, 0.15) is 26.7 Å². The number of aliphatic hydroxyl groups excluding tert-OH is 2. The molecule has 0 heterocycles. The molecule has 0 saturated heterocycles. The monoisotopic (exact) mass is 351 g/mol. The van der Waals surface area contributed by atoms with E-state index in [0.29, 0.717) is 6.42 Å². The molecule has 2 atom stereocenters. The van der Waals surface area contributed by atoms with Crippen LogP contribution in [0.4, 0.5) is 0 Å². The Morgan fingerprint density at radius 2 is 1.09 bits per heavy atom. The van der Waals surface area contributed by atoms with Gasteiger partial charge in [-0.15, -0.1) is 0 Å². The van der Waals surface area contributed by atoms with Gasteiger partial charge >= 0.3 is 0 Å². The second-order valence-electron chi connectivity index (χ2n) is 4.28. The van der Waals surface area contributed by atoms with E-state index in [2.05, 4.69) is 0 Å². The first-order valence-electron chi connectivity index (χ1n) is 7.24. The number of hydrogen-bond acceptors (Lipinski definition) is 6. The molecule has 0 aromatic heterocycles. The van der Waals surface area contributed by atoms with Crippen LogP contribution in [0.15, 0.2) is 0 Å². The van der Waals surface area contributed by atoms with Gasteiger partial charge < -0.3 is 45.4 Å². The number of hydrogen-bond donors (Lipinski definition) is 5. The molecule has 0 aliphatic heterocycles. The van der Waals surface area contributed by atoms with Crippen molar-refractivity contribution < 1.29 is 45.4 Å². The van der Waals surface area contributed by atoms with E-state index in [1.54, 1.807) is 6.92 Å². The standard InChI is InChI=1S/C6H14O2.3C2H7N.H3O4P/c1-3-4-6(8)5(2)7;3*1-3-2;1-5(2,3)4/h5-8H,3-4H2,1-2H3;3*3H,1-2H3;(H3,1,2,3,4). The van der Waals surface area contributed by atoms with Crippen molar-refractivity contribution in [2.75, 3.05) is 42.3 Å². The molecule has 0 aliphatic rings. The lowest BCUT2D eigenvalue weighted by molar-refractivity contribution is -0.597. The molecule has 0 rings (SSSR count). The summed E-state index contributed by atoms with van der Waals surface area (Å²) >= 11 is 0. The van der Waals surface area contributed by atoms with Crippen LogP contribution in [-0.4, -0.2) is 64.7 Å². The second kappa shape index (κ2) is 29.0. The predicted molar refractivity (Wildman–Crippen MR) is 81.5 cm³/mol. The van der Waals surface area contributed by atoms with Crippen molar-refractivity contribution in [3.63, 3.8) is 0 Å². The van der Waals surface area contributed by atoms with Gasteiger partial charge in [-0.05, 0) is 13.3 Å². The first-order valence-corrected chi connectivity index (χ1v) is 8.70. The number of nitrogens with two attached hydrogens (primary N) is 3. The molecule has 142 valence electrons. The normalized spacial score (nSPS) is 11.7. The maximum absolute atomic E-state index is 8.88. The number of rotatable bonds is 3. The summed E-state index contributed by atoms with van der Waals surface area (Å²) in [6.45, 7) is 3.58. The Morgan fingerprint density at radius 1 is 0.909 bits per heavy atom. The van der Waals surface area contributed by atoms with Crippen LogP contribution in [0, 0.1) is 0 Å². The van der Waals surface area contributed by atoms with Gasteiger partial charge in [0.25, 0.3) is 0 Å². The molecule has 10 heteroatoms. The third-order valence-electron chi connectivity index (χ3n) is 1.14. The van der Waals surface area contributed by atoms with E-state index in [1.165, 1.54) is 0 Å². The molecule has 0 aromatic carbocycles. The Bertz CT molecular complexity index is 192.